The standard InChI is InChI=1S/C46H30N2.C36H24N2/c1-4-14-31(15-5-1)33-24-25-44-40(27-33)42-30-45-41(29-46(42)47(44)35-19-8-3-9-20-35)38-22-12-13-23-43(38)48(45)36-26-34-18-10-11-21-37(34)39(28-36)32-16-6-2-7-17-32;1-4-12-25(13-5-1)26-20-21-32-30(24-26)36-34(38(32)28-16-8-3-9-17-28)23-22-33-35(36)29-18-10-11-19-31(29)37(33)27-14-6-2-7-15-27/h1-30H;1-24H. The molecule has 0 radical (unpaired) electrons. The minimum absolute atomic E-state index is 1.16. The highest BCUT2D eigenvalue weighted by atomic mass is 15.0. The van der Waals surface area contributed by atoms with Crippen molar-refractivity contribution >= 4 is 98.0 Å². The van der Waals surface area contributed by atoms with E-state index in [9.17, 15) is 0 Å². The highest BCUT2D eigenvalue weighted by Gasteiger charge is 2.23. The first-order chi connectivity index (χ1) is 42.7. The molecule has 0 amide bonds. The van der Waals surface area contributed by atoms with Crippen molar-refractivity contribution in [1.29, 1.82) is 0 Å². The molecule has 0 fully saturated rings. The summed E-state index contributed by atoms with van der Waals surface area (Å²) in [5.74, 6) is 0. The van der Waals surface area contributed by atoms with Gasteiger partial charge in [-0.3, -0.25) is 0 Å². The fourth-order valence-electron chi connectivity index (χ4n) is 13.8. The van der Waals surface area contributed by atoms with Crippen LogP contribution in [-0.4, -0.2) is 18.3 Å². The van der Waals surface area contributed by atoms with Gasteiger partial charge in [0.2, 0.25) is 0 Å². The number of nitrogens with zero attached hydrogens (tertiary/aromatic N) is 4. The Balaban J connectivity index is 0.000000138. The van der Waals surface area contributed by atoms with Crippen LogP contribution in [-0.2, 0) is 0 Å². The highest BCUT2D eigenvalue weighted by Crippen LogP contribution is 2.45. The molecule has 0 aliphatic rings. The van der Waals surface area contributed by atoms with E-state index in [2.05, 4.69) is 346 Å². The Hall–Kier alpha value is -11.5. The van der Waals surface area contributed by atoms with Crippen molar-refractivity contribution in [3.05, 3.63) is 328 Å². The largest absolute Gasteiger partial charge is 0.309 e. The molecule has 0 spiro atoms. The SMILES string of the molecule is c1ccc(-c2ccc3c(c2)c2c4c5ccccc5n(-c5ccccc5)c4ccc2n3-c2ccccc2)cc1.c1ccc(-c2ccc3c(c2)c2cc4c(cc2n3-c2ccccc2)c2ccccc2n4-c2cc(-c3ccccc3)c3ccccc3c2)cc1. The maximum Gasteiger partial charge on any atom is 0.0548 e. The smallest absolute Gasteiger partial charge is 0.0548 e. The van der Waals surface area contributed by atoms with Crippen molar-refractivity contribution in [2.75, 3.05) is 0 Å². The van der Waals surface area contributed by atoms with Crippen LogP contribution in [0.4, 0.5) is 0 Å². The van der Waals surface area contributed by atoms with Crippen LogP contribution in [0.5, 0.6) is 0 Å². The third kappa shape index (κ3) is 7.92. The molecule has 18 rings (SSSR count). The van der Waals surface area contributed by atoms with Crippen LogP contribution in [0.15, 0.2) is 328 Å². The van der Waals surface area contributed by atoms with Crippen molar-refractivity contribution in [3.63, 3.8) is 0 Å². The first kappa shape index (κ1) is 49.2. The molecular weight excluding hydrogens is 1040 g/mol. The van der Waals surface area contributed by atoms with Crippen molar-refractivity contribution in [2.45, 2.75) is 0 Å². The number of para-hydroxylation sites is 5. The lowest BCUT2D eigenvalue weighted by Crippen LogP contribution is -1.96. The van der Waals surface area contributed by atoms with E-state index in [1.54, 1.807) is 0 Å². The second kappa shape index (κ2) is 20.2. The molecule has 4 heteroatoms. The van der Waals surface area contributed by atoms with E-state index < -0.39 is 0 Å². The summed E-state index contributed by atoms with van der Waals surface area (Å²) in [4.78, 5) is 0. The van der Waals surface area contributed by atoms with Gasteiger partial charge in [-0.15, -0.1) is 0 Å². The van der Waals surface area contributed by atoms with Crippen LogP contribution in [0.25, 0.3) is 154 Å². The summed E-state index contributed by atoms with van der Waals surface area (Å²) in [6.45, 7) is 0. The first-order valence-electron chi connectivity index (χ1n) is 29.6. The summed E-state index contributed by atoms with van der Waals surface area (Å²) >= 11 is 0. The second-order valence-corrected chi connectivity index (χ2v) is 22.4. The molecule has 0 aliphatic carbocycles. The van der Waals surface area contributed by atoms with Gasteiger partial charge in [0.1, 0.15) is 0 Å². The summed E-state index contributed by atoms with van der Waals surface area (Å²) in [5.41, 5.74) is 21.7. The summed E-state index contributed by atoms with van der Waals surface area (Å²) in [6, 6.07) is 119. The Morgan fingerprint density at radius 2 is 0.512 bits per heavy atom. The highest BCUT2D eigenvalue weighted by molar-refractivity contribution is 6.29. The van der Waals surface area contributed by atoms with Crippen LogP contribution in [0.1, 0.15) is 0 Å². The molecule has 0 saturated heterocycles. The molecule has 86 heavy (non-hydrogen) atoms. The van der Waals surface area contributed by atoms with Crippen molar-refractivity contribution < 1.29 is 0 Å². The van der Waals surface area contributed by atoms with Gasteiger partial charge in [-0.2, -0.15) is 0 Å². The number of benzene rings is 14. The Bertz CT molecular complexity index is 5600. The molecule has 4 aromatic heterocycles. The van der Waals surface area contributed by atoms with Crippen LogP contribution >= 0.6 is 0 Å². The molecule has 0 saturated carbocycles. The Labute approximate surface area is 497 Å². The van der Waals surface area contributed by atoms with E-state index in [0.29, 0.717) is 0 Å². The molecule has 0 atom stereocenters. The zero-order valence-electron chi connectivity index (χ0n) is 47.0. The summed E-state index contributed by atoms with van der Waals surface area (Å²) in [7, 11) is 0. The van der Waals surface area contributed by atoms with Gasteiger partial charge in [0.05, 0.1) is 44.1 Å². The second-order valence-electron chi connectivity index (χ2n) is 22.4. The lowest BCUT2D eigenvalue weighted by Gasteiger charge is -2.14. The molecule has 4 nitrogen and oxygen atoms in total. The van der Waals surface area contributed by atoms with Crippen molar-refractivity contribution in [2.24, 2.45) is 0 Å². The van der Waals surface area contributed by atoms with E-state index in [0.717, 1.165) is 11.4 Å². The fraction of sp³-hybridized carbons (Fsp3) is 0. The Morgan fingerprint density at radius 3 is 1.06 bits per heavy atom. The molecule has 18 aromatic rings. The first-order valence-corrected chi connectivity index (χ1v) is 29.6. The number of hydrogen-bond acceptors (Lipinski definition) is 0. The van der Waals surface area contributed by atoms with Gasteiger partial charge in [-0.25, -0.2) is 0 Å². The average Bonchev–Trinajstić information content (AvgIpc) is 1.59. The average molecular weight is 1100 g/mol. The van der Waals surface area contributed by atoms with E-state index in [4.69, 9.17) is 0 Å². The third-order valence-corrected chi connectivity index (χ3v) is 17.6. The molecule has 0 unspecified atom stereocenters. The molecule has 0 aliphatic heterocycles. The monoisotopic (exact) mass is 1090 g/mol. The molecular formula is C82H54N4. The summed E-state index contributed by atoms with van der Waals surface area (Å²) < 4.78 is 9.70. The number of hydrogen-bond donors (Lipinski definition) is 0. The van der Waals surface area contributed by atoms with E-state index in [-0.39, 0.29) is 0 Å². The van der Waals surface area contributed by atoms with Crippen LogP contribution < -0.4 is 0 Å². The van der Waals surface area contributed by atoms with E-state index >= 15 is 0 Å². The normalized spacial score (nSPS) is 11.7. The fourth-order valence-corrected chi connectivity index (χ4v) is 13.8. The molecule has 4 heterocycles. The zero-order chi connectivity index (χ0) is 56.7. The lowest BCUT2D eigenvalue weighted by molar-refractivity contribution is 1.17. The van der Waals surface area contributed by atoms with Crippen LogP contribution in [0.2, 0.25) is 0 Å². The molecule has 0 N–H and O–H groups in total. The molecule has 0 bridgehead atoms. The van der Waals surface area contributed by atoms with Gasteiger partial charge in [0, 0.05) is 65.8 Å². The van der Waals surface area contributed by atoms with Gasteiger partial charge in [0.25, 0.3) is 0 Å². The van der Waals surface area contributed by atoms with Gasteiger partial charge in [-0.1, -0.05) is 218 Å². The van der Waals surface area contributed by atoms with Crippen LogP contribution in [0.3, 0.4) is 0 Å². The minimum Gasteiger partial charge on any atom is -0.309 e. The Morgan fingerprint density at radius 1 is 0.163 bits per heavy atom. The maximum absolute atomic E-state index is 2.47. The summed E-state index contributed by atoms with van der Waals surface area (Å²) in [5, 5.41) is 12.6. The van der Waals surface area contributed by atoms with E-state index in [1.165, 1.54) is 143 Å². The minimum atomic E-state index is 1.16. The van der Waals surface area contributed by atoms with Gasteiger partial charge >= 0.3 is 0 Å². The topological polar surface area (TPSA) is 19.7 Å². The number of aromatic nitrogens is 4. The third-order valence-electron chi connectivity index (χ3n) is 17.6. The lowest BCUT2D eigenvalue weighted by atomic mass is 9.97. The van der Waals surface area contributed by atoms with Crippen molar-refractivity contribution in [3.8, 4) is 56.1 Å². The predicted octanol–water partition coefficient (Wildman–Crippen LogP) is 21.9. The number of rotatable bonds is 7. The quantitative estimate of drug-likeness (QED) is 0.152. The molecule has 402 valence electrons. The molecule has 14 aromatic carbocycles. The number of fused-ring (bicyclic) bond motifs is 14. The summed E-state index contributed by atoms with van der Waals surface area (Å²) in [6.07, 6.45) is 0. The Kier molecular flexibility index (Phi) is 11.5. The maximum atomic E-state index is 2.47. The van der Waals surface area contributed by atoms with Gasteiger partial charge in [-0.05, 0) is 153 Å². The van der Waals surface area contributed by atoms with Gasteiger partial charge in [0.15, 0.2) is 0 Å². The zero-order valence-corrected chi connectivity index (χ0v) is 47.0. The van der Waals surface area contributed by atoms with Crippen LogP contribution in [0, 0.1) is 0 Å². The van der Waals surface area contributed by atoms with Crippen molar-refractivity contribution in [1.82, 2.24) is 18.3 Å². The van der Waals surface area contributed by atoms with E-state index in [1.807, 2.05) is 0 Å². The van der Waals surface area contributed by atoms with Gasteiger partial charge < -0.3 is 18.3 Å². The predicted molar refractivity (Wildman–Crippen MR) is 364 cm³/mol.